The summed E-state index contributed by atoms with van der Waals surface area (Å²) < 4.78 is 5.72. The Kier molecular flexibility index (Phi) is 6.26. The second kappa shape index (κ2) is 9.36. The standard InChI is InChI=1S/C28H32N2O5/c1-28(26(33)30-15-7-8-18(16-30)25(31)32)14-6-13-24(28)29-27(34)35-17-23-21-11-4-2-9-19(21)20-10-3-5-12-22(20)23/h2-5,9-12,18,23-24H,6-8,13-17H2,1H3,(H,29,34)(H,31,32). The highest BCUT2D eigenvalue weighted by Gasteiger charge is 2.48. The van der Waals surface area contributed by atoms with E-state index < -0.39 is 23.4 Å². The third-order valence-electron chi connectivity index (χ3n) is 8.14. The predicted octanol–water partition coefficient (Wildman–Crippen LogP) is 4.41. The summed E-state index contributed by atoms with van der Waals surface area (Å²) in [7, 11) is 0. The predicted molar refractivity (Wildman–Crippen MR) is 131 cm³/mol. The van der Waals surface area contributed by atoms with Crippen LogP contribution in [0.4, 0.5) is 4.79 Å². The summed E-state index contributed by atoms with van der Waals surface area (Å²) in [4.78, 5) is 39.5. The van der Waals surface area contributed by atoms with Crippen molar-refractivity contribution in [3.8, 4) is 11.1 Å². The van der Waals surface area contributed by atoms with Crippen molar-refractivity contribution in [1.82, 2.24) is 10.2 Å². The van der Waals surface area contributed by atoms with Crippen LogP contribution < -0.4 is 5.32 Å². The largest absolute Gasteiger partial charge is 0.481 e. The maximum Gasteiger partial charge on any atom is 0.407 e. The average Bonchev–Trinajstić information content (AvgIpc) is 3.40. The average molecular weight is 477 g/mol. The molecule has 2 aromatic carbocycles. The molecule has 7 heteroatoms. The zero-order chi connectivity index (χ0) is 24.6. The molecule has 2 amide bonds. The SMILES string of the molecule is CC1(C(=O)N2CCCC(C(=O)O)C2)CCCC1NC(=O)OCC1c2ccccc2-c2ccccc21. The molecule has 2 N–H and O–H groups in total. The van der Waals surface area contributed by atoms with Gasteiger partial charge in [0, 0.05) is 25.0 Å². The number of benzene rings is 2. The molecule has 5 rings (SSSR count). The van der Waals surface area contributed by atoms with Crippen molar-refractivity contribution in [1.29, 1.82) is 0 Å². The second-order valence-corrected chi connectivity index (χ2v) is 10.3. The summed E-state index contributed by atoms with van der Waals surface area (Å²) in [5.74, 6) is -1.46. The molecule has 2 aromatic rings. The molecule has 1 aliphatic heterocycles. The van der Waals surface area contributed by atoms with Gasteiger partial charge in [-0.25, -0.2) is 4.79 Å². The van der Waals surface area contributed by atoms with Crippen LogP contribution >= 0.6 is 0 Å². The summed E-state index contributed by atoms with van der Waals surface area (Å²) in [6.07, 6.45) is 2.95. The summed E-state index contributed by atoms with van der Waals surface area (Å²) in [6, 6.07) is 16.1. The highest BCUT2D eigenvalue weighted by molar-refractivity contribution is 5.85. The Morgan fingerprint density at radius 1 is 1.03 bits per heavy atom. The van der Waals surface area contributed by atoms with E-state index in [4.69, 9.17) is 4.74 Å². The van der Waals surface area contributed by atoms with E-state index in [1.54, 1.807) is 4.90 Å². The molecule has 7 nitrogen and oxygen atoms in total. The molecule has 0 radical (unpaired) electrons. The van der Waals surface area contributed by atoms with Crippen LogP contribution in [-0.2, 0) is 14.3 Å². The number of aliphatic carboxylic acids is 1. The van der Waals surface area contributed by atoms with Gasteiger partial charge in [0.25, 0.3) is 0 Å². The summed E-state index contributed by atoms with van der Waals surface area (Å²) >= 11 is 0. The normalized spacial score (nSPS) is 25.6. The van der Waals surface area contributed by atoms with E-state index in [0.29, 0.717) is 32.2 Å². The van der Waals surface area contributed by atoms with Gasteiger partial charge in [-0.15, -0.1) is 0 Å². The number of likely N-dealkylation sites (tertiary alicyclic amines) is 1. The Hall–Kier alpha value is -3.35. The van der Waals surface area contributed by atoms with Gasteiger partial charge in [0.2, 0.25) is 5.91 Å². The molecule has 1 heterocycles. The van der Waals surface area contributed by atoms with Crippen molar-refractivity contribution in [2.45, 2.75) is 51.0 Å². The Balaban J connectivity index is 1.24. The van der Waals surface area contributed by atoms with Gasteiger partial charge in [-0.3, -0.25) is 9.59 Å². The van der Waals surface area contributed by atoms with E-state index in [1.807, 2.05) is 31.2 Å². The quantitative estimate of drug-likeness (QED) is 0.667. The Morgan fingerprint density at radius 2 is 1.69 bits per heavy atom. The molecule has 1 saturated heterocycles. The molecule has 0 aromatic heterocycles. The number of nitrogens with one attached hydrogen (secondary N) is 1. The molecule has 2 fully saturated rings. The second-order valence-electron chi connectivity index (χ2n) is 10.3. The molecule has 35 heavy (non-hydrogen) atoms. The van der Waals surface area contributed by atoms with Crippen LogP contribution in [0.1, 0.15) is 56.1 Å². The maximum absolute atomic E-state index is 13.5. The van der Waals surface area contributed by atoms with Crippen LogP contribution in [0.3, 0.4) is 0 Å². The van der Waals surface area contributed by atoms with Crippen LogP contribution in [0.25, 0.3) is 11.1 Å². The van der Waals surface area contributed by atoms with Gasteiger partial charge in [-0.05, 0) is 54.9 Å². The zero-order valence-corrected chi connectivity index (χ0v) is 20.0. The first-order valence-corrected chi connectivity index (χ1v) is 12.5. The molecule has 3 aliphatic rings. The monoisotopic (exact) mass is 476 g/mol. The van der Waals surface area contributed by atoms with Crippen LogP contribution in [0.2, 0.25) is 0 Å². The lowest BCUT2D eigenvalue weighted by atomic mass is 9.82. The number of alkyl carbamates (subject to hydrolysis) is 1. The number of carbonyl (C=O) groups is 3. The van der Waals surface area contributed by atoms with E-state index in [1.165, 1.54) is 11.1 Å². The molecule has 0 spiro atoms. The van der Waals surface area contributed by atoms with Gasteiger partial charge < -0.3 is 20.1 Å². The molecule has 3 atom stereocenters. The van der Waals surface area contributed by atoms with Crippen molar-refractivity contribution in [2.24, 2.45) is 11.3 Å². The van der Waals surface area contributed by atoms with Crippen molar-refractivity contribution >= 4 is 18.0 Å². The third kappa shape index (κ3) is 4.28. The number of amides is 2. The number of carbonyl (C=O) groups excluding carboxylic acids is 2. The fourth-order valence-corrected chi connectivity index (χ4v) is 6.16. The first-order chi connectivity index (χ1) is 16.9. The van der Waals surface area contributed by atoms with Crippen molar-refractivity contribution in [3.05, 3.63) is 59.7 Å². The smallest absolute Gasteiger partial charge is 0.407 e. The zero-order valence-electron chi connectivity index (χ0n) is 20.0. The number of nitrogens with zero attached hydrogens (tertiary/aromatic N) is 1. The molecule has 1 saturated carbocycles. The van der Waals surface area contributed by atoms with Crippen molar-refractivity contribution in [3.63, 3.8) is 0 Å². The molecular weight excluding hydrogens is 444 g/mol. The highest BCUT2D eigenvalue weighted by Crippen LogP contribution is 2.45. The first-order valence-electron chi connectivity index (χ1n) is 12.5. The number of hydrogen-bond acceptors (Lipinski definition) is 4. The molecular formula is C28H32N2O5. The number of rotatable bonds is 5. The number of ether oxygens (including phenoxy) is 1. The number of carboxylic acid groups (broad SMARTS) is 1. The lowest BCUT2D eigenvalue weighted by Gasteiger charge is -2.39. The van der Waals surface area contributed by atoms with Crippen LogP contribution in [0.15, 0.2) is 48.5 Å². The van der Waals surface area contributed by atoms with Gasteiger partial charge >= 0.3 is 12.1 Å². The van der Waals surface area contributed by atoms with Gasteiger partial charge in [-0.1, -0.05) is 55.0 Å². The fraction of sp³-hybridized carbons (Fsp3) is 0.464. The van der Waals surface area contributed by atoms with E-state index in [-0.39, 0.29) is 31.0 Å². The van der Waals surface area contributed by atoms with E-state index in [9.17, 15) is 19.5 Å². The Bertz CT molecular complexity index is 1100. The molecule has 0 bridgehead atoms. The number of fused-ring (bicyclic) bond motifs is 3. The lowest BCUT2D eigenvalue weighted by molar-refractivity contribution is -0.149. The molecule has 2 aliphatic carbocycles. The maximum atomic E-state index is 13.5. The molecule has 184 valence electrons. The first kappa shape index (κ1) is 23.4. The lowest BCUT2D eigenvalue weighted by Crippen LogP contribution is -2.54. The van der Waals surface area contributed by atoms with Crippen molar-refractivity contribution in [2.75, 3.05) is 19.7 Å². The minimum Gasteiger partial charge on any atom is -0.481 e. The summed E-state index contributed by atoms with van der Waals surface area (Å²) in [6.45, 7) is 2.92. The van der Waals surface area contributed by atoms with Gasteiger partial charge in [-0.2, -0.15) is 0 Å². The van der Waals surface area contributed by atoms with E-state index >= 15 is 0 Å². The summed E-state index contributed by atoms with van der Waals surface area (Å²) in [5, 5.41) is 12.4. The third-order valence-corrected chi connectivity index (χ3v) is 8.14. The Labute approximate surface area is 205 Å². The topological polar surface area (TPSA) is 95.9 Å². The summed E-state index contributed by atoms with van der Waals surface area (Å²) in [5.41, 5.74) is 3.90. The minimum absolute atomic E-state index is 0.0222. The number of hydrogen-bond donors (Lipinski definition) is 2. The number of carboxylic acids is 1. The highest BCUT2D eigenvalue weighted by atomic mass is 16.5. The van der Waals surface area contributed by atoms with Crippen LogP contribution in [0, 0.1) is 11.3 Å². The molecule has 3 unspecified atom stereocenters. The van der Waals surface area contributed by atoms with E-state index in [2.05, 4.69) is 29.6 Å². The minimum atomic E-state index is -0.854. The number of piperidine rings is 1. The van der Waals surface area contributed by atoms with Crippen LogP contribution in [-0.4, -0.2) is 53.7 Å². The van der Waals surface area contributed by atoms with Gasteiger partial charge in [0.1, 0.15) is 6.61 Å². The van der Waals surface area contributed by atoms with Gasteiger partial charge in [0.15, 0.2) is 0 Å². The Morgan fingerprint density at radius 3 is 2.34 bits per heavy atom. The van der Waals surface area contributed by atoms with Crippen LogP contribution in [0.5, 0.6) is 0 Å². The van der Waals surface area contributed by atoms with E-state index in [0.717, 1.165) is 17.5 Å². The fourth-order valence-electron chi connectivity index (χ4n) is 6.16. The van der Waals surface area contributed by atoms with Crippen molar-refractivity contribution < 1.29 is 24.2 Å². The van der Waals surface area contributed by atoms with Gasteiger partial charge in [0.05, 0.1) is 11.3 Å².